The number of rotatable bonds is 9. The van der Waals surface area contributed by atoms with Crippen LogP contribution in [0.4, 0.5) is 0 Å². The van der Waals surface area contributed by atoms with Crippen LogP contribution in [-0.2, 0) is 32.0 Å². The molecule has 0 bridgehead atoms. The van der Waals surface area contributed by atoms with E-state index in [-0.39, 0.29) is 0 Å². The third-order valence-electron chi connectivity index (χ3n) is 5.24. The molecule has 1 aromatic heterocycles. The zero-order valence-corrected chi connectivity index (χ0v) is 19.8. The van der Waals surface area contributed by atoms with Crippen LogP contribution >= 0.6 is 15.6 Å². The monoisotopic (exact) mass is 565 g/mol. The molecule has 21 heteroatoms. The maximum atomic E-state index is 12.2. The molecule has 0 aromatic carbocycles. The lowest BCUT2D eigenvalue weighted by molar-refractivity contribution is -0.242. The Hall–Kier alpha value is -1.38. The van der Waals surface area contributed by atoms with Gasteiger partial charge in [0.05, 0.1) is 19.3 Å². The minimum atomic E-state index is -5.51. The largest absolute Gasteiger partial charge is 0.483 e. The van der Waals surface area contributed by atoms with Crippen LogP contribution in [0.15, 0.2) is 21.9 Å². The Labute approximate surface area is 200 Å². The first kappa shape index (κ1) is 29.2. The zero-order valence-electron chi connectivity index (χ0n) is 18.0. The Bertz CT molecular complexity index is 1130. The summed E-state index contributed by atoms with van der Waals surface area (Å²) in [6, 6.07) is -0.699. The molecule has 2 saturated heterocycles. The van der Waals surface area contributed by atoms with E-state index in [2.05, 4.69) is 13.4 Å². The second kappa shape index (κ2) is 11.2. The van der Waals surface area contributed by atoms with Crippen molar-refractivity contribution in [1.29, 1.82) is 0 Å². The van der Waals surface area contributed by atoms with Gasteiger partial charge in [-0.1, -0.05) is 0 Å². The topological polar surface area (TPSA) is 303 Å². The highest BCUT2D eigenvalue weighted by Crippen LogP contribution is 2.61. The Morgan fingerprint density at radius 3 is 2.25 bits per heavy atom. The maximum Gasteiger partial charge on any atom is 0.483 e. The molecule has 0 aliphatic carbocycles. The third kappa shape index (κ3) is 6.54. The maximum absolute atomic E-state index is 12.2. The van der Waals surface area contributed by atoms with E-state index < -0.39 is 95.3 Å². The molecule has 0 spiro atoms. The molecule has 36 heavy (non-hydrogen) atoms. The third-order valence-corrected chi connectivity index (χ3v) is 7.84. The number of hydrogen-bond donors (Lipinski definition) is 9. The van der Waals surface area contributed by atoms with Gasteiger partial charge in [-0.05, 0) is 0 Å². The van der Waals surface area contributed by atoms with E-state index in [4.69, 9.17) is 20.3 Å². The summed E-state index contributed by atoms with van der Waals surface area (Å²) in [5.74, 6) is 0. The van der Waals surface area contributed by atoms with Gasteiger partial charge in [-0.2, -0.15) is 4.31 Å². The fourth-order valence-electron chi connectivity index (χ4n) is 3.39. The fraction of sp³-hybridized carbons (Fsp3) is 0.733. The molecular weight excluding hydrogens is 540 g/mol. The molecule has 11 atom stereocenters. The molecule has 0 radical (unpaired) electrons. The number of H-pyrrole nitrogens is 1. The molecule has 19 nitrogen and oxygen atoms in total. The summed E-state index contributed by atoms with van der Waals surface area (Å²) in [4.78, 5) is 44.6. The van der Waals surface area contributed by atoms with Crippen molar-refractivity contribution >= 4 is 15.6 Å². The number of aliphatic hydroxyl groups excluding tert-OH is 5. The smallest absolute Gasteiger partial charge is 0.394 e. The molecule has 0 saturated carbocycles. The van der Waals surface area contributed by atoms with E-state index in [1.54, 1.807) is 0 Å². The molecule has 10 N–H and O–H groups in total. The van der Waals surface area contributed by atoms with Crippen molar-refractivity contribution in [2.75, 3.05) is 13.2 Å². The molecule has 3 rings (SSSR count). The van der Waals surface area contributed by atoms with Crippen molar-refractivity contribution in [3.63, 3.8) is 0 Å². The zero-order chi connectivity index (χ0) is 27.0. The molecule has 206 valence electrons. The van der Waals surface area contributed by atoms with Crippen molar-refractivity contribution < 1.29 is 67.3 Å². The van der Waals surface area contributed by atoms with E-state index >= 15 is 0 Å². The van der Waals surface area contributed by atoms with Crippen LogP contribution in [0.1, 0.15) is 6.23 Å². The van der Waals surface area contributed by atoms with Gasteiger partial charge in [0.1, 0.15) is 36.6 Å². The van der Waals surface area contributed by atoms with Gasteiger partial charge in [0.25, 0.3) is 5.56 Å². The number of ether oxygens (including phenoxy) is 2. The van der Waals surface area contributed by atoms with E-state index in [0.717, 1.165) is 16.8 Å². The number of phosphoric ester groups is 2. The summed E-state index contributed by atoms with van der Waals surface area (Å²) < 4.78 is 48.5. The van der Waals surface area contributed by atoms with Crippen molar-refractivity contribution in [3.05, 3.63) is 33.1 Å². The Morgan fingerprint density at radius 1 is 1.00 bits per heavy atom. The first-order valence-electron chi connectivity index (χ1n) is 10.1. The Kier molecular flexibility index (Phi) is 9.05. The summed E-state index contributed by atoms with van der Waals surface area (Å²) in [7, 11) is -11.0. The van der Waals surface area contributed by atoms with Crippen LogP contribution in [-0.4, -0.2) is 107 Å². The van der Waals surface area contributed by atoms with Gasteiger partial charge in [-0.3, -0.25) is 23.4 Å². The lowest BCUT2D eigenvalue weighted by Gasteiger charge is -2.40. The van der Waals surface area contributed by atoms with Gasteiger partial charge >= 0.3 is 21.3 Å². The first-order valence-corrected chi connectivity index (χ1v) is 13.1. The quantitative estimate of drug-likeness (QED) is 0.127. The number of nitrogens with zero attached hydrogens (tertiary/aromatic N) is 1. The Morgan fingerprint density at radius 2 is 1.64 bits per heavy atom. The van der Waals surface area contributed by atoms with Gasteiger partial charge in [-0.15, -0.1) is 0 Å². The lowest BCUT2D eigenvalue weighted by Crippen LogP contribution is -2.62. The SMILES string of the molecule is N[C@H]1C(OP(=O)(O)OP(=O)(O)OC[C@H]2O[C@@H](n3ccc(=O)[nH]c3=O)[C@H](O)[C@@H]2O)O[C@H](CO)[C@H](O)[C@@H]1O. The highest BCUT2D eigenvalue weighted by molar-refractivity contribution is 7.61. The minimum absolute atomic E-state index is 0.735. The summed E-state index contributed by atoms with van der Waals surface area (Å²) >= 11 is 0. The molecule has 2 aliphatic heterocycles. The van der Waals surface area contributed by atoms with E-state index in [1.165, 1.54) is 0 Å². The molecule has 1 aromatic rings. The first-order chi connectivity index (χ1) is 16.7. The van der Waals surface area contributed by atoms with Gasteiger partial charge in [0.15, 0.2) is 12.5 Å². The highest BCUT2D eigenvalue weighted by Gasteiger charge is 2.49. The van der Waals surface area contributed by atoms with Crippen LogP contribution in [0.3, 0.4) is 0 Å². The van der Waals surface area contributed by atoms with E-state index in [1.807, 2.05) is 4.98 Å². The molecule has 2 fully saturated rings. The van der Waals surface area contributed by atoms with E-state index in [9.17, 15) is 48.9 Å². The van der Waals surface area contributed by atoms with E-state index in [0.29, 0.717) is 0 Å². The number of aromatic amines is 1. The second-order valence-corrected chi connectivity index (χ2v) is 10.8. The molecule has 2 aliphatic rings. The van der Waals surface area contributed by atoms with Crippen molar-refractivity contribution in [2.24, 2.45) is 5.73 Å². The van der Waals surface area contributed by atoms with Gasteiger partial charge in [0.2, 0.25) is 0 Å². The molecule has 3 unspecified atom stereocenters. The number of phosphoric acid groups is 2. The van der Waals surface area contributed by atoms with Gasteiger partial charge in [-0.25, -0.2) is 13.9 Å². The number of aliphatic hydroxyl groups is 5. The van der Waals surface area contributed by atoms with Gasteiger partial charge in [0, 0.05) is 12.3 Å². The number of nitrogens with one attached hydrogen (secondary N) is 1. The standard InChI is InChI=1S/C15H25N3O16P2/c16-8-11(23)9(21)5(3-19)32-14(8)33-36(28,29)34-35(26,27)30-4-6-10(22)12(24)13(31-6)18-2-1-7(20)17-15(18)25/h1-2,5-6,8-14,19,21-24H,3-4,16H2,(H,26,27)(H,28,29)(H,17,20,25)/t5-,6-,8-,9+,10-,11-,12-,13-,14?/m1/s1. The summed E-state index contributed by atoms with van der Waals surface area (Å²) in [6.07, 6.45) is -12.5. The summed E-state index contributed by atoms with van der Waals surface area (Å²) in [6.45, 7) is -1.84. The number of hydrogen-bond acceptors (Lipinski definition) is 15. The molecule has 3 heterocycles. The van der Waals surface area contributed by atoms with Crippen LogP contribution in [0.25, 0.3) is 0 Å². The predicted molar refractivity (Wildman–Crippen MR) is 111 cm³/mol. The van der Waals surface area contributed by atoms with Crippen LogP contribution in [0.5, 0.6) is 0 Å². The highest BCUT2D eigenvalue weighted by atomic mass is 31.3. The van der Waals surface area contributed by atoms with Crippen molar-refractivity contribution in [3.8, 4) is 0 Å². The predicted octanol–water partition coefficient (Wildman–Crippen LogP) is -4.83. The average molecular weight is 565 g/mol. The fourth-order valence-corrected chi connectivity index (χ4v) is 5.57. The van der Waals surface area contributed by atoms with Crippen LogP contribution < -0.4 is 17.0 Å². The minimum Gasteiger partial charge on any atom is -0.394 e. The number of nitrogens with two attached hydrogens (primary N) is 1. The summed E-state index contributed by atoms with van der Waals surface area (Å²) in [5, 5.41) is 49.0. The summed E-state index contributed by atoms with van der Waals surface area (Å²) in [5.41, 5.74) is 3.82. The lowest BCUT2D eigenvalue weighted by atomic mass is 9.98. The van der Waals surface area contributed by atoms with Gasteiger partial charge < -0.3 is 50.5 Å². The average Bonchev–Trinajstić information content (AvgIpc) is 3.06. The number of aromatic nitrogens is 2. The molecular formula is C15H25N3O16P2. The molecule has 0 amide bonds. The van der Waals surface area contributed by atoms with Crippen LogP contribution in [0, 0.1) is 0 Å². The Balaban J connectivity index is 1.61. The second-order valence-electron chi connectivity index (χ2n) is 7.77. The van der Waals surface area contributed by atoms with Crippen molar-refractivity contribution in [1.82, 2.24) is 9.55 Å². The van der Waals surface area contributed by atoms with Crippen molar-refractivity contribution in [2.45, 2.75) is 55.2 Å². The van der Waals surface area contributed by atoms with Crippen LogP contribution in [0.2, 0.25) is 0 Å². The normalized spacial score (nSPS) is 38.4.